The van der Waals surface area contributed by atoms with Crippen LogP contribution in [0, 0.1) is 5.92 Å². The van der Waals surface area contributed by atoms with Crippen LogP contribution in [-0.4, -0.2) is 36.6 Å². The van der Waals surface area contributed by atoms with Crippen LogP contribution in [0.3, 0.4) is 0 Å². The molecule has 0 aromatic carbocycles. The summed E-state index contributed by atoms with van der Waals surface area (Å²) < 4.78 is 0. The zero-order valence-corrected chi connectivity index (χ0v) is 10.3. The number of nitrogens with zero attached hydrogens (tertiary/aromatic N) is 1. The first kappa shape index (κ1) is 11.4. The molecular formula is C13H26N2. The van der Waals surface area contributed by atoms with Gasteiger partial charge in [0.15, 0.2) is 0 Å². The summed E-state index contributed by atoms with van der Waals surface area (Å²) in [5.41, 5.74) is 0. The summed E-state index contributed by atoms with van der Waals surface area (Å²) in [4.78, 5) is 2.75. The van der Waals surface area contributed by atoms with Crippen molar-refractivity contribution in [2.24, 2.45) is 5.92 Å². The third-order valence-electron chi connectivity index (χ3n) is 4.19. The summed E-state index contributed by atoms with van der Waals surface area (Å²) in [6, 6.07) is 1.59. The van der Waals surface area contributed by atoms with Crippen molar-refractivity contribution in [1.82, 2.24) is 10.2 Å². The molecule has 1 aliphatic carbocycles. The average Bonchev–Trinajstić information content (AvgIpc) is 2.62. The molecule has 2 rings (SSSR count). The van der Waals surface area contributed by atoms with Crippen LogP contribution in [0.2, 0.25) is 0 Å². The molecule has 15 heavy (non-hydrogen) atoms. The molecule has 88 valence electrons. The highest BCUT2D eigenvalue weighted by molar-refractivity contribution is 4.90. The molecule has 3 atom stereocenters. The largest absolute Gasteiger partial charge is 0.313 e. The van der Waals surface area contributed by atoms with Gasteiger partial charge >= 0.3 is 0 Å². The van der Waals surface area contributed by atoms with E-state index in [2.05, 4.69) is 24.1 Å². The van der Waals surface area contributed by atoms with E-state index in [9.17, 15) is 0 Å². The number of hydrogen-bond donors (Lipinski definition) is 1. The maximum atomic E-state index is 3.53. The average molecular weight is 210 g/mol. The Morgan fingerprint density at radius 3 is 2.87 bits per heavy atom. The lowest BCUT2D eigenvalue weighted by Gasteiger charge is -2.33. The third kappa shape index (κ3) is 2.73. The van der Waals surface area contributed by atoms with Gasteiger partial charge in [-0.05, 0) is 45.2 Å². The minimum Gasteiger partial charge on any atom is -0.313 e. The number of rotatable bonds is 4. The molecule has 2 aliphatic rings. The molecule has 2 nitrogen and oxygen atoms in total. The molecule has 1 N–H and O–H groups in total. The van der Waals surface area contributed by atoms with E-state index >= 15 is 0 Å². The summed E-state index contributed by atoms with van der Waals surface area (Å²) in [5, 5.41) is 3.53. The second-order valence-corrected chi connectivity index (χ2v) is 5.35. The van der Waals surface area contributed by atoms with E-state index in [4.69, 9.17) is 0 Å². The zero-order chi connectivity index (χ0) is 10.7. The quantitative estimate of drug-likeness (QED) is 0.765. The molecular weight excluding hydrogens is 184 g/mol. The molecule has 2 fully saturated rings. The summed E-state index contributed by atoms with van der Waals surface area (Å²) >= 11 is 0. The van der Waals surface area contributed by atoms with E-state index in [1.165, 1.54) is 45.2 Å². The van der Waals surface area contributed by atoms with Crippen LogP contribution in [0.15, 0.2) is 0 Å². The fourth-order valence-corrected chi connectivity index (χ4v) is 3.49. The Morgan fingerprint density at radius 1 is 1.27 bits per heavy atom. The number of nitrogens with one attached hydrogen (secondary N) is 1. The standard InChI is InChI=1S/C13H26N2/c1-3-14-11(2)10-15-9-8-12-6-4-5-7-13(12)15/h11-14H,3-10H2,1-2H3. The van der Waals surface area contributed by atoms with E-state index in [0.717, 1.165) is 18.5 Å². The maximum Gasteiger partial charge on any atom is 0.0166 e. The Balaban J connectivity index is 1.82. The molecule has 1 heterocycles. The van der Waals surface area contributed by atoms with E-state index in [1.807, 2.05) is 0 Å². The molecule has 0 bridgehead atoms. The smallest absolute Gasteiger partial charge is 0.0166 e. The van der Waals surface area contributed by atoms with Gasteiger partial charge in [-0.15, -0.1) is 0 Å². The maximum absolute atomic E-state index is 3.53. The lowest BCUT2D eigenvalue weighted by Crippen LogP contribution is -2.43. The van der Waals surface area contributed by atoms with Gasteiger partial charge in [-0.25, -0.2) is 0 Å². The minimum atomic E-state index is 0.663. The molecule has 1 aliphatic heterocycles. The second kappa shape index (κ2) is 5.31. The van der Waals surface area contributed by atoms with Gasteiger partial charge in [0.1, 0.15) is 0 Å². The van der Waals surface area contributed by atoms with Crippen molar-refractivity contribution < 1.29 is 0 Å². The highest BCUT2D eigenvalue weighted by Crippen LogP contribution is 2.35. The van der Waals surface area contributed by atoms with E-state index in [0.29, 0.717) is 6.04 Å². The summed E-state index contributed by atoms with van der Waals surface area (Å²) in [7, 11) is 0. The number of likely N-dealkylation sites (tertiary alicyclic amines) is 1. The van der Waals surface area contributed by atoms with Crippen LogP contribution < -0.4 is 5.32 Å². The fourth-order valence-electron chi connectivity index (χ4n) is 3.49. The van der Waals surface area contributed by atoms with Gasteiger partial charge in [0.25, 0.3) is 0 Å². The van der Waals surface area contributed by atoms with Gasteiger partial charge in [0.2, 0.25) is 0 Å². The fraction of sp³-hybridized carbons (Fsp3) is 1.00. The predicted octanol–water partition coefficient (Wildman–Crippen LogP) is 2.25. The number of hydrogen-bond acceptors (Lipinski definition) is 2. The minimum absolute atomic E-state index is 0.663. The van der Waals surface area contributed by atoms with Gasteiger partial charge in [0.05, 0.1) is 0 Å². The topological polar surface area (TPSA) is 15.3 Å². The molecule has 0 aromatic heterocycles. The molecule has 0 radical (unpaired) electrons. The molecule has 1 saturated carbocycles. The molecule has 1 saturated heterocycles. The first-order valence-electron chi connectivity index (χ1n) is 6.78. The third-order valence-corrected chi connectivity index (χ3v) is 4.19. The van der Waals surface area contributed by atoms with Crippen LogP contribution in [0.5, 0.6) is 0 Å². The van der Waals surface area contributed by atoms with E-state index < -0.39 is 0 Å². The lowest BCUT2D eigenvalue weighted by atomic mass is 9.85. The van der Waals surface area contributed by atoms with Crippen molar-refractivity contribution in [2.75, 3.05) is 19.6 Å². The van der Waals surface area contributed by atoms with Crippen molar-refractivity contribution in [2.45, 2.75) is 58.0 Å². The van der Waals surface area contributed by atoms with Gasteiger partial charge in [-0.1, -0.05) is 19.8 Å². The summed E-state index contributed by atoms with van der Waals surface area (Å²) in [5.74, 6) is 1.03. The van der Waals surface area contributed by atoms with Gasteiger partial charge in [0, 0.05) is 18.6 Å². The lowest BCUT2D eigenvalue weighted by molar-refractivity contribution is 0.170. The number of likely N-dealkylation sites (N-methyl/N-ethyl adjacent to an activating group) is 1. The normalized spacial score (nSPS) is 34.0. The van der Waals surface area contributed by atoms with Crippen LogP contribution in [0.4, 0.5) is 0 Å². The van der Waals surface area contributed by atoms with Gasteiger partial charge in [-0.3, -0.25) is 4.90 Å². The zero-order valence-electron chi connectivity index (χ0n) is 10.3. The second-order valence-electron chi connectivity index (χ2n) is 5.35. The monoisotopic (exact) mass is 210 g/mol. The molecule has 0 amide bonds. The van der Waals surface area contributed by atoms with Gasteiger partial charge < -0.3 is 5.32 Å². The van der Waals surface area contributed by atoms with Crippen LogP contribution in [0.1, 0.15) is 46.0 Å². The van der Waals surface area contributed by atoms with E-state index in [-0.39, 0.29) is 0 Å². The Labute approximate surface area is 94.4 Å². The highest BCUT2D eigenvalue weighted by Gasteiger charge is 2.35. The Kier molecular flexibility index (Phi) is 4.04. The van der Waals surface area contributed by atoms with E-state index in [1.54, 1.807) is 0 Å². The Bertz CT molecular complexity index is 193. The molecule has 0 aromatic rings. The Hall–Kier alpha value is -0.0800. The van der Waals surface area contributed by atoms with Crippen molar-refractivity contribution in [3.8, 4) is 0 Å². The molecule has 0 spiro atoms. The Morgan fingerprint density at radius 2 is 2.07 bits per heavy atom. The molecule has 2 heteroatoms. The van der Waals surface area contributed by atoms with Crippen molar-refractivity contribution in [3.05, 3.63) is 0 Å². The van der Waals surface area contributed by atoms with Crippen molar-refractivity contribution >= 4 is 0 Å². The van der Waals surface area contributed by atoms with Crippen molar-refractivity contribution in [1.29, 1.82) is 0 Å². The highest BCUT2D eigenvalue weighted by atomic mass is 15.2. The predicted molar refractivity (Wildman–Crippen MR) is 65.1 cm³/mol. The van der Waals surface area contributed by atoms with Crippen LogP contribution in [-0.2, 0) is 0 Å². The van der Waals surface area contributed by atoms with Crippen LogP contribution >= 0.6 is 0 Å². The van der Waals surface area contributed by atoms with Gasteiger partial charge in [-0.2, -0.15) is 0 Å². The van der Waals surface area contributed by atoms with Crippen LogP contribution in [0.25, 0.3) is 0 Å². The van der Waals surface area contributed by atoms with Crippen molar-refractivity contribution in [3.63, 3.8) is 0 Å². The molecule has 3 unspecified atom stereocenters. The summed E-state index contributed by atoms with van der Waals surface area (Å²) in [6.07, 6.45) is 7.37. The first-order valence-corrected chi connectivity index (χ1v) is 6.78. The number of fused-ring (bicyclic) bond motifs is 1. The summed E-state index contributed by atoms with van der Waals surface area (Å²) in [6.45, 7) is 8.23. The first-order chi connectivity index (χ1) is 7.31. The SMILES string of the molecule is CCNC(C)CN1CCC2CCCCC21.